The third-order valence-electron chi connectivity index (χ3n) is 4.48. The highest BCUT2D eigenvalue weighted by Gasteiger charge is 2.14. The molecule has 3 rings (SSSR count). The van der Waals surface area contributed by atoms with E-state index in [0.29, 0.717) is 34.6 Å². The molecule has 0 unspecified atom stereocenters. The van der Waals surface area contributed by atoms with Crippen LogP contribution in [-0.2, 0) is 11.3 Å². The number of aromatic amines is 1. The first-order chi connectivity index (χ1) is 14.0. The van der Waals surface area contributed by atoms with Crippen LogP contribution >= 0.6 is 0 Å². The van der Waals surface area contributed by atoms with Gasteiger partial charge in [0.2, 0.25) is 0 Å². The van der Waals surface area contributed by atoms with Crippen LogP contribution in [0.1, 0.15) is 41.5 Å². The van der Waals surface area contributed by atoms with Gasteiger partial charge in [0.05, 0.1) is 30.2 Å². The maximum Gasteiger partial charge on any atom is 0.338 e. The third kappa shape index (κ3) is 4.74. The van der Waals surface area contributed by atoms with Crippen molar-refractivity contribution in [3.8, 4) is 11.5 Å². The predicted octanol–water partition coefficient (Wildman–Crippen LogP) is 3.78. The van der Waals surface area contributed by atoms with Gasteiger partial charge in [0, 0.05) is 0 Å². The molecule has 1 N–H and O–H groups in total. The summed E-state index contributed by atoms with van der Waals surface area (Å²) in [5.41, 5.74) is 1.53. The number of hydrogen-bond acceptors (Lipinski definition) is 6. The second-order valence-electron chi connectivity index (χ2n) is 6.63. The summed E-state index contributed by atoms with van der Waals surface area (Å²) in [4.78, 5) is 31.7. The summed E-state index contributed by atoms with van der Waals surface area (Å²) in [6, 6.07) is 10.3. The number of ether oxygens (including phenoxy) is 3. The molecule has 152 valence electrons. The quantitative estimate of drug-likeness (QED) is 0.460. The zero-order valence-corrected chi connectivity index (χ0v) is 16.8. The second-order valence-corrected chi connectivity index (χ2v) is 6.63. The number of carbonyl (C=O) groups excluding carboxylic acids is 1. The topological polar surface area (TPSA) is 90.5 Å². The van der Waals surface area contributed by atoms with Gasteiger partial charge in [-0.2, -0.15) is 0 Å². The highest BCUT2D eigenvalue weighted by molar-refractivity contribution is 5.90. The normalized spacial score (nSPS) is 10.7. The van der Waals surface area contributed by atoms with Crippen LogP contribution in [0.4, 0.5) is 0 Å². The summed E-state index contributed by atoms with van der Waals surface area (Å²) in [6.07, 6.45) is 1.96. The van der Waals surface area contributed by atoms with Crippen molar-refractivity contribution in [3.63, 3.8) is 0 Å². The van der Waals surface area contributed by atoms with Gasteiger partial charge in [0.1, 0.15) is 12.4 Å². The molecule has 29 heavy (non-hydrogen) atoms. The van der Waals surface area contributed by atoms with E-state index in [2.05, 4.69) is 16.9 Å². The van der Waals surface area contributed by atoms with Gasteiger partial charge in [-0.3, -0.25) is 4.79 Å². The summed E-state index contributed by atoms with van der Waals surface area (Å²) in [5, 5.41) is 0.503. The molecule has 3 aromatic rings. The van der Waals surface area contributed by atoms with Crippen molar-refractivity contribution >= 4 is 16.9 Å². The lowest BCUT2D eigenvalue weighted by Gasteiger charge is -2.12. The van der Waals surface area contributed by atoms with Crippen LogP contribution in [0, 0.1) is 6.92 Å². The molecule has 7 heteroatoms. The number of unbranched alkanes of at least 4 members (excludes halogenated alkanes) is 1. The number of H-pyrrole nitrogens is 1. The molecule has 0 aliphatic rings. The van der Waals surface area contributed by atoms with E-state index in [-0.39, 0.29) is 18.0 Å². The van der Waals surface area contributed by atoms with Crippen LogP contribution in [0.5, 0.6) is 11.5 Å². The number of hydrogen-bond donors (Lipinski definition) is 1. The third-order valence-corrected chi connectivity index (χ3v) is 4.48. The number of rotatable bonds is 8. The fraction of sp³-hybridized carbons (Fsp3) is 0.318. The Morgan fingerprint density at radius 1 is 1.17 bits per heavy atom. The number of nitrogens with one attached hydrogen (secondary N) is 1. The molecule has 0 atom stereocenters. The lowest BCUT2D eigenvalue weighted by Crippen LogP contribution is -2.15. The molecule has 0 bridgehead atoms. The standard InChI is InChI=1S/C22H24N2O5/c1-4-5-11-28-17-10-9-15(12-18(17)27-3)22(26)29-13-19-23-20-14(2)7-6-8-16(20)21(25)24-19/h6-10,12H,4-5,11,13H2,1-3H3,(H,23,24,25). The smallest absolute Gasteiger partial charge is 0.338 e. The average molecular weight is 396 g/mol. The molecular weight excluding hydrogens is 372 g/mol. The van der Waals surface area contributed by atoms with E-state index in [9.17, 15) is 9.59 Å². The Morgan fingerprint density at radius 2 is 2.00 bits per heavy atom. The lowest BCUT2D eigenvalue weighted by atomic mass is 10.1. The van der Waals surface area contributed by atoms with Crippen LogP contribution in [0.25, 0.3) is 10.9 Å². The molecular formula is C22H24N2O5. The molecule has 0 fully saturated rings. The molecule has 0 amide bonds. The molecule has 0 aliphatic carbocycles. The fourth-order valence-corrected chi connectivity index (χ4v) is 2.88. The van der Waals surface area contributed by atoms with E-state index in [4.69, 9.17) is 14.2 Å². The van der Waals surface area contributed by atoms with E-state index in [0.717, 1.165) is 18.4 Å². The van der Waals surface area contributed by atoms with Gasteiger partial charge in [0.15, 0.2) is 11.5 Å². The Labute approximate surface area is 168 Å². The van der Waals surface area contributed by atoms with Gasteiger partial charge in [-0.1, -0.05) is 25.5 Å². The zero-order valence-electron chi connectivity index (χ0n) is 16.8. The number of fused-ring (bicyclic) bond motifs is 1. The lowest BCUT2D eigenvalue weighted by molar-refractivity contribution is 0.0462. The molecule has 0 aliphatic heterocycles. The summed E-state index contributed by atoms with van der Waals surface area (Å²) in [6.45, 7) is 4.39. The predicted molar refractivity (Wildman–Crippen MR) is 110 cm³/mol. The summed E-state index contributed by atoms with van der Waals surface area (Å²) in [7, 11) is 1.52. The minimum Gasteiger partial charge on any atom is -0.493 e. The van der Waals surface area contributed by atoms with E-state index in [1.165, 1.54) is 7.11 Å². The van der Waals surface area contributed by atoms with Crippen LogP contribution in [0.3, 0.4) is 0 Å². The average Bonchev–Trinajstić information content (AvgIpc) is 2.73. The van der Waals surface area contributed by atoms with Crippen molar-refractivity contribution in [1.82, 2.24) is 9.97 Å². The highest BCUT2D eigenvalue weighted by atomic mass is 16.5. The number of benzene rings is 2. The Morgan fingerprint density at radius 3 is 2.76 bits per heavy atom. The maximum absolute atomic E-state index is 12.4. The van der Waals surface area contributed by atoms with Gasteiger partial charge in [-0.25, -0.2) is 9.78 Å². The number of nitrogens with zero attached hydrogens (tertiary/aromatic N) is 1. The van der Waals surface area contributed by atoms with Crippen molar-refractivity contribution in [1.29, 1.82) is 0 Å². The number of esters is 1. The molecule has 0 spiro atoms. The van der Waals surface area contributed by atoms with Crippen molar-refractivity contribution < 1.29 is 19.0 Å². The molecule has 1 aromatic heterocycles. The number of carbonyl (C=O) groups is 1. The molecule has 0 saturated carbocycles. The van der Waals surface area contributed by atoms with E-state index >= 15 is 0 Å². The van der Waals surface area contributed by atoms with Gasteiger partial charge in [0.25, 0.3) is 5.56 Å². The Bertz CT molecular complexity index is 1070. The molecule has 0 radical (unpaired) electrons. The zero-order chi connectivity index (χ0) is 20.8. The molecule has 1 heterocycles. The fourth-order valence-electron chi connectivity index (χ4n) is 2.88. The first-order valence-electron chi connectivity index (χ1n) is 9.50. The van der Waals surface area contributed by atoms with Crippen LogP contribution in [-0.4, -0.2) is 29.7 Å². The van der Waals surface area contributed by atoms with Crippen LogP contribution in [0.2, 0.25) is 0 Å². The molecule has 7 nitrogen and oxygen atoms in total. The Hall–Kier alpha value is -3.35. The maximum atomic E-state index is 12.4. The first-order valence-corrected chi connectivity index (χ1v) is 9.50. The summed E-state index contributed by atoms with van der Waals surface area (Å²) < 4.78 is 16.3. The monoisotopic (exact) mass is 396 g/mol. The minimum atomic E-state index is -0.545. The summed E-state index contributed by atoms with van der Waals surface area (Å²) >= 11 is 0. The Kier molecular flexibility index (Phi) is 6.49. The number of methoxy groups -OCH3 is 1. The number of para-hydroxylation sites is 1. The SMILES string of the molecule is CCCCOc1ccc(C(=O)OCc2nc3c(C)cccc3c(=O)[nH]2)cc1OC. The van der Waals surface area contributed by atoms with E-state index < -0.39 is 5.97 Å². The minimum absolute atomic E-state index is 0.143. The Balaban J connectivity index is 1.73. The van der Waals surface area contributed by atoms with E-state index in [1.807, 2.05) is 13.0 Å². The van der Waals surface area contributed by atoms with Crippen LogP contribution in [0.15, 0.2) is 41.2 Å². The molecule has 2 aromatic carbocycles. The van der Waals surface area contributed by atoms with Crippen LogP contribution < -0.4 is 15.0 Å². The highest BCUT2D eigenvalue weighted by Crippen LogP contribution is 2.28. The molecule has 0 saturated heterocycles. The largest absolute Gasteiger partial charge is 0.493 e. The van der Waals surface area contributed by atoms with E-state index in [1.54, 1.807) is 30.3 Å². The van der Waals surface area contributed by atoms with Gasteiger partial charge in [-0.05, 0) is 43.2 Å². The first kappa shape index (κ1) is 20.4. The number of aryl methyl sites for hydroxylation is 1. The van der Waals surface area contributed by atoms with Crippen molar-refractivity contribution in [2.45, 2.75) is 33.3 Å². The number of aromatic nitrogens is 2. The van der Waals surface area contributed by atoms with Gasteiger partial charge >= 0.3 is 5.97 Å². The second kappa shape index (κ2) is 9.23. The summed E-state index contributed by atoms with van der Waals surface area (Å²) in [5.74, 6) is 0.782. The van der Waals surface area contributed by atoms with Crippen molar-refractivity contribution in [2.75, 3.05) is 13.7 Å². The van der Waals surface area contributed by atoms with Crippen molar-refractivity contribution in [2.24, 2.45) is 0 Å². The van der Waals surface area contributed by atoms with Crippen molar-refractivity contribution in [3.05, 3.63) is 63.7 Å². The van der Waals surface area contributed by atoms with Gasteiger partial charge in [-0.15, -0.1) is 0 Å². The van der Waals surface area contributed by atoms with Gasteiger partial charge < -0.3 is 19.2 Å².